The van der Waals surface area contributed by atoms with Gasteiger partial charge < -0.3 is 14.6 Å². The van der Waals surface area contributed by atoms with E-state index < -0.39 is 11.9 Å². The van der Waals surface area contributed by atoms with Crippen LogP contribution >= 0.6 is 11.6 Å². The molecule has 0 fully saturated rings. The van der Waals surface area contributed by atoms with Crippen LogP contribution in [0.3, 0.4) is 0 Å². The molecule has 1 N–H and O–H groups in total. The lowest BCUT2D eigenvalue weighted by Gasteiger charge is -2.13. The van der Waals surface area contributed by atoms with E-state index in [0.717, 1.165) is 12.0 Å². The molecule has 1 aromatic carbocycles. The number of hydrogen-bond acceptors (Lipinski definition) is 3. The Balaban J connectivity index is 2.41. The van der Waals surface area contributed by atoms with Gasteiger partial charge in [0.05, 0.1) is 5.92 Å². The van der Waals surface area contributed by atoms with Crippen molar-refractivity contribution in [2.75, 3.05) is 26.9 Å². The summed E-state index contributed by atoms with van der Waals surface area (Å²) >= 11 is 5.79. The van der Waals surface area contributed by atoms with E-state index >= 15 is 0 Å². The molecule has 1 unspecified atom stereocenters. The van der Waals surface area contributed by atoms with Crippen molar-refractivity contribution in [3.8, 4) is 0 Å². The maximum Gasteiger partial charge on any atom is 0.311 e. The SMILES string of the molecule is COCCCOCCC(C(=O)O)c1ccc(Cl)cc1. The van der Waals surface area contributed by atoms with E-state index in [1.165, 1.54) is 0 Å². The van der Waals surface area contributed by atoms with Crippen molar-refractivity contribution in [3.63, 3.8) is 0 Å². The summed E-state index contributed by atoms with van der Waals surface area (Å²) in [7, 11) is 1.64. The van der Waals surface area contributed by atoms with Crippen LogP contribution in [0.2, 0.25) is 5.02 Å². The molecule has 0 bridgehead atoms. The number of carboxylic acid groups (broad SMARTS) is 1. The summed E-state index contributed by atoms with van der Waals surface area (Å²) in [6.07, 6.45) is 1.26. The minimum atomic E-state index is -0.845. The zero-order valence-electron chi connectivity index (χ0n) is 11.0. The van der Waals surface area contributed by atoms with Gasteiger partial charge in [-0.3, -0.25) is 4.79 Å². The topological polar surface area (TPSA) is 55.8 Å². The Morgan fingerprint density at radius 3 is 2.53 bits per heavy atom. The summed E-state index contributed by atoms with van der Waals surface area (Å²) in [6, 6.07) is 6.89. The normalized spacial score (nSPS) is 12.3. The smallest absolute Gasteiger partial charge is 0.311 e. The number of methoxy groups -OCH3 is 1. The third kappa shape index (κ3) is 6.05. The van der Waals surface area contributed by atoms with Crippen LogP contribution in [0.15, 0.2) is 24.3 Å². The van der Waals surface area contributed by atoms with Crippen LogP contribution in [0, 0.1) is 0 Å². The van der Waals surface area contributed by atoms with E-state index in [9.17, 15) is 9.90 Å². The number of ether oxygens (including phenoxy) is 2. The molecule has 0 spiro atoms. The lowest BCUT2D eigenvalue weighted by atomic mass is 9.96. The van der Waals surface area contributed by atoms with E-state index in [4.69, 9.17) is 21.1 Å². The number of hydrogen-bond donors (Lipinski definition) is 1. The molecule has 0 aliphatic rings. The minimum Gasteiger partial charge on any atom is -0.481 e. The van der Waals surface area contributed by atoms with E-state index in [0.29, 0.717) is 31.3 Å². The Morgan fingerprint density at radius 1 is 1.26 bits per heavy atom. The molecule has 106 valence electrons. The molecule has 4 nitrogen and oxygen atoms in total. The predicted molar refractivity (Wildman–Crippen MR) is 73.8 cm³/mol. The fourth-order valence-corrected chi connectivity index (χ4v) is 1.86. The summed E-state index contributed by atoms with van der Waals surface area (Å²) in [6.45, 7) is 1.66. The van der Waals surface area contributed by atoms with Gasteiger partial charge in [-0.15, -0.1) is 0 Å². The van der Waals surface area contributed by atoms with Gasteiger partial charge in [0.25, 0.3) is 0 Å². The van der Waals surface area contributed by atoms with Crippen LogP contribution in [0.4, 0.5) is 0 Å². The monoisotopic (exact) mass is 286 g/mol. The fraction of sp³-hybridized carbons (Fsp3) is 0.500. The predicted octanol–water partition coefficient (Wildman–Crippen LogP) is 2.95. The Hall–Kier alpha value is -1.10. The zero-order chi connectivity index (χ0) is 14.1. The molecular formula is C14H19ClO4. The second kappa shape index (κ2) is 8.91. The van der Waals surface area contributed by atoms with Crippen LogP contribution in [0.25, 0.3) is 0 Å². The maximum atomic E-state index is 11.2. The first-order valence-corrected chi connectivity index (χ1v) is 6.58. The van der Waals surface area contributed by atoms with E-state index in [1.807, 2.05) is 0 Å². The molecule has 5 heteroatoms. The quantitative estimate of drug-likeness (QED) is 0.709. The highest BCUT2D eigenvalue weighted by Gasteiger charge is 2.19. The Bertz CT molecular complexity index is 378. The molecular weight excluding hydrogens is 268 g/mol. The Morgan fingerprint density at radius 2 is 1.95 bits per heavy atom. The molecule has 1 aromatic rings. The number of benzene rings is 1. The van der Waals surface area contributed by atoms with Crippen LogP contribution in [0.1, 0.15) is 24.3 Å². The number of rotatable bonds is 9. The largest absolute Gasteiger partial charge is 0.481 e. The molecule has 0 saturated heterocycles. The van der Waals surface area contributed by atoms with Gasteiger partial charge >= 0.3 is 5.97 Å². The van der Waals surface area contributed by atoms with Crippen LogP contribution < -0.4 is 0 Å². The van der Waals surface area contributed by atoms with Gasteiger partial charge in [-0.1, -0.05) is 23.7 Å². The van der Waals surface area contributed by atoms with Gasteiger partial charge in [0.2, 0.25) is 0 Å². The van der Waals surface area contributed by atoms with Crippen molar-refractivity contribution in [1.82, 2.24) is 0 Å². The lowest BCUT2D eigenvalue weighted by Crippen LogP contribution is -2.14. The second-order valence-corrected chi connectivity index (χ2v) is 4.63. The third-order valence-corrected chi connectivity index (χ3v) is 3.01. The molecule has 0 heterocycles. The fourth-order valence-electron chi connectivity index (χ4n) is 1.74. The highest BCUT2D eigenvalue weighted by molar-refractivity contribution is 6.30. The van der Waals surface area contributed by atoms with Gasteiger partial charge in [0, 0.05) is 32.0 Å². The van der Waals surface area contributed by atoms with Crippen molar-refractivity contribution in [1.29, 1.82) is 0 Å². The van der Waals surface area contributed by atoms with Crippen LogP contribution in [0.5, 0.6) is 0 Å². The standard InChI is InChI=1S/C14H19ClO4/c1-18-8-2-9-19-10-7-13(14(16)17)11-3-5-12(15)6-4-11/h3-6,13H,2,7-10H2,1H3,(H,16,17). The molecule has 0 radical (unpaired) electrons. The first kappa shape index (κ1) is 16.0. The van der Waals surface area contributed by atoms with E-state index in [1.54, 1.807) is 31.4 Å². The highest BCUT2D eigenvalue weighted by atomic mass is 35.5. The third-order valence-electron chi connectivity index (χ3n) is 2.76. The average Bonchev–Trinajstić information content (AvgIpc) is 2.39. The molecule has 0 saturated carbocycles. The average molecular weight is 287 g/mol. The molecule has 0 amide bonds. The van der Waals surface area contributed by atoms with Gasteiger partial charge in [0.15, 0.2) is 0 Å². The maximum absolute atomic E-state index is 11.2. The Kier molecular flexibility index (Phi) is 7.48. The van der Waals surface area contributed by atoms with Crippen molar-refractivity contribution < 1.29 is 19.4 Å². The van der Waals surface area contributed by atoms with Crippen molar-refractivity contribution in [2.24, 2.45) is 0 Å². The minimum absolute atomic E-state index is 0.420. The zero-order valence-corrected chi connectivity index (χ0v) is 11.7. The molecule has 19 heavy (non-hydrogen) atoms. The number of carboxylic acids is 1. The lowest BCUT2D eigenvalue weighted by molar-refractivity contribution is -0.139. The van der Waals surface area contributed by atoms with E-state index in [2.05, 4.69) is 0 Å². The highest BCUT2D eigenvalue weighted by Crippen LogP contribution is 2.22. The summed E-state index contributed by atoms with van der Waals surface area (Å²) in [5.74, 6) is -1.40. The number of aliphatic carboxylic acids is 1. The summed E-state index contributed by atoms with van der Waals surface area (Å²) in [5, 5.41) is 9.83. The first-order chi connectivity index (χ1) is 9.15. The van der Waals surface area contributed by atoms with Crippen LogP contribution in [-0.4, -0.2) is 38.0 Å². The summed E-state index contributed by atoms with van der Waals surface area (Å²) < 4.78 is 10.3. The molecule has 0 aliphatic heterocycles. The van der Waals surface area contributed by atoms with Crippen molar-refractivity contribution >= 4 is 17.6 Å². The summed E-state index contributed by atoms with van der Waals surface area (Å²) in [4.78, 5) is 11.2. The Labute approximate surface area is 118 Å². The van der Waals surface area contributed by atoms with E-state index in [-0.39, 0.29) is 0 Å². The molecule has 0 aromatic heterocycles. The number of carbonyl (C=O) groups is 1. The van der Waals surface area contributed by atoms with Crippen molar-refractivity contribution in [3.05, 3.63) is 34.9 Å². The van der Waals surface area contributed by atoms with Gasteiger partial charge in [-0.2, -0.15) is 0 Å². The van der Waals surface area contributed by atoms with Gasteiger partial charge in [-0.05, 0) is 30.5 Å². The van der Waals surface area contributed by atoms with Crippen LogP contribution in [-0.2, 0) is 14.3 Å². The molecule has 1 rings (SSSR count). The first-order valence-electron chi connectivity index (χ1n) is 6.20. The second-order valence-electron chi connectivity index (χ2n) is 4.19. The van der Waals surface area contributed by atoms with Gasteiger partial charge in [-0.25, -0.2) is 0 Å². The van der Waals surface area contributed by atoms with Gasteiger partial charge in [0.1, 0.15) is 0 Å². The molecule has 0 aliphatic carbocycles. The van der Waals surface area contributed by atoms with Crippen molar-refractivity contribution in [2.45, 2.75) is 18.8 Å². The summed E-state index contributed by atoms with van der Waals surface area (Å²) in [5.41, 5.74) is 0.748. The number of halogens is 1. The molecule has 1 atom stereocenters.